The molecule has 5 nitrogen and oxygen atoms in total. The minimum Gasteiger partial charge on any atom is -0.472 e. The maximum atomic E-state index is 12.2. The number of nitrogens with zero attached hydrogens (tertiary/aromatic N) is 2. The fourth-order valence-electron chi connectivity index (χ4n) is 1.66. The van der Waals surface area contributed by atoms with E-state index in [1.54, 1.807) is 30.6 Å². The summed E-state index contributed by atoms with van der Waals surface area (Å²) >= 11 is 0. The van der Waals surface area contributed by atoms with Gasteiger partial charge in [0.05, 0.1) is 0 Å². The Labute approximate surface area is 118 Å². The van der Waals surface area contributed by atoms with Crippen LogP contribution >= 0.6 is 0 Å². The summed E-state index contributed by atoms with van der Waals surface area (Å²) in [6.07, 6.45) is 2.32. The summed E-state index contributed by atoms with van der Waals surface area (Å²) in [4.78, 5) is 20.5. The van der Waals surface area contributed by atoms with Crippen LogP contribution in [0, 0.1) is 0 Å². The highest BCUT2D eigenvalue weighted by Crippen LogP contribution is 2.19. The van der Waals surface area contributed by atoms with E-state index in [4.69, 9.17) is 4.74 Å². The van der Waals surface area contributed by atoms with Gasteiger partial charge in [-0.15, -0.1) is 0 Å². The number of ether oxygens (including phenoxy) is 1. The van der Waals surface area contributed by atoms with Crippen molar-refractivity contribution in [2.75, 3.05) is 0 Å². The fourth-order valence-corrected chi connectivity index (χ4v) is 1.66. The van der Waals surface area contributed by atoms with Crippen LogP contribution in [0.2, 0.25) is 0 Å². The topological polar surface area (TPSA) is 64.1 Å². The number of hydrogen-bond acceptors (Lipinski definition) is 4. The van der Waals surface area contributed by atoms with E-state index in [0.717, 1.165) is 0 Å². The molecule has 1 unspecified atom stereocenters. The fraction of sp³-hybridized carbons (Fsp3) is 0.267. The quantitative estimate of drug-likeness (QED) is 0.904. The Morgan fingerprint density at radius 2 is 1.75 bits per heavy atom. The molecule has 1 heterocycles. The first-order valence-electron chi connectivity index (χ1n) is 6.46. The van der Waals surface area contributed by atoms with Gasteiger partial charge in [0.2, 0.25) is 6.10 Å². The zero-order chi connectivity index (χ0) is 14.4. The second kappa shape index (κ2) is 6.65. The number of amides is 1. The largest absolute Gasteiger partial charge is 0.472 e. The number of benzene rings is 1. The lowest BCUT2D eigenvalue weighted by atomic mass is 10.2. The molecule has 0 aliphatic heterocycles. The number of hydrogen-bond donors (Lipinski definition) is 1. The van der Waals surface area contributed by atoms with Gasteiger partial charge in [-0.3, -0.25) is 4.79 Å². The standard InChI is InChI=1S/C15H17N3O2/c1-11(2)18-15(19)13(14-16-9-6-10-17-14)20-12-7-4-3-5-8-12/h3-11,13H,1-2H3,(H,18,19). The van der Waals surface area contributed by atoms with Crippen LogP contribution in [0.1, 0.15) is 25.8 Å². The minimum absolute atomic E-state index is 0.0214. The lowest BCUT2D eigenvalue weighted by Crippen LogP contribution is -2.37. The summed E-state index contributed by atoms with van der Waals surface area (Å²) in [5, 5.41) is 2.82. The van der Waals surface area contributed by atoms with Gasteiger partial charge in [0.1, 0.15) is 5.75 Å². The number of rotatable bonds is 5. The van der Waals surface area contributed by atoms with Crippen LogP contribution in [0.15, 0.2) is 48.8 Å². The molecule has 1 amide bonds. The number of carbonyl (C=O) groups excluding carboxylic acids is 1. The molecule has 2 aromatic rings. The Morgan fingerprint density at radius 1 is 1.10 bits per heavy atom. The van der Waals surface area contributed by atoms with Gasteiger partial charge in [0.15, 0.2) is 5.82 Å². The molecular weight excluding hydrogens is 254 g/mol. The summed E-state index contributed by atoms with van der Waals surface area (Å²) in [5.41, 5.74) is 0. The average Bonchev–Trinajstić information content (AvgIpc) is 2.46. The van der Waals surface area contributed by atoms with Gasteiger partial charge in [-0.1, -0.05) is 18.2 Å². The van der Waals surface area contributed by atoms with E-state index in [2.05, 4.69) is 15.3 Å². The lowest BCUT2D eigenvalue weighted by Gasteiger charge is -2.18. The summed E-state index contributed by atoms with van der Waals surface area (Å²) in [5.74, 6) is 0.688. The Bertz CT molecular complexity index is 544. The molecule has 0 aliphatic carbocycles. The van der Waals surface area contributed by atoms with Crippen molar-refractivity contribution in [3.63, 3.8) is 0 Å². The maximum absolute atomic E-state index is 12.2. The van der Waals surface area contributed by atoms with E-state index >= 15 is 0 Å². The van der Waals surface area contributed by atoms with E-state index in [0.29, 0.717) is 11.6 Å². The van der Waals surface area contributed by atoms with Crippen LogP contribution in [-0.2, 0) is 4.79 Å². The van der Waals surface area contributed by atoms with E-state index in [1.165, 1.54) is 0 Å². The monoisotopic (exact) mass is 271 g/mol. The Kier molecular flexibility index (Phi) is 4.65. The first-order valence-corrected chi connectivity index (χ1v) is 6.46. The first-order chi connectivity index (χ1) is 9.66. The van der Waals surface area contributed by atoms with Crippen LogP contribution in [0.5, 0.6) is 5.75 Å². The minimum atomic E-state index is -0.860. The smallest absolute Gasteiger partial charge is 0.269 e. The molecule has 104 valence electrons. The van der Waals surface area contributed by atoms with Crippen LogP contribution in [0.25, 0.3) is 0 Å². The van der Waals surface area contributed by atoms with E-state index < -0.39 is 6.10 Å². The molecular formula is C15H17N3O2. The summed E-state index contributed by atoms with van der Waals surface area (Å²) in [6, 6.07) is 10.9. The molecule has 0 saturated carbocycles. The average molecular weight is 271 g/mol. The first kappa shape index (κ1) is 14.0. The number of aromatic nitrogens is 2. The Balaban J connectivity index is 2.23. The van der Waals surface area contributed by atoms with Crippen LogP contribution in [0.4, 0.5) is 0 Å². The van der Waals surface area contributed by atoms with Crippen molar-refractivity contribution in [2.45, 2.75) is 26.0 Å². The lowest BCUT2D eigenvalue weighted by molar-refractivity contribution is -0.129. The van der Waals surface area contributed by atoms with Gasteiger partial charge in [0.25, 0.3) is 5.91 Å². The highest BCUT2D eigenvalue weighted by molar-refractivity contribution is 5.81. The molecule has 1 atom stereocenters. The summed E-state index contributed by atoms with van der Waals surface area (Å²) in [7, 11) is 0. The molecule has 1 aromatic carbocycles. The number of carbonyl (C=O) groups is 1. The van der Waals surface area contributed by atoms with E-state index in [-0.39, 0.29) is 11.9 Å². The van der Waals surface area contributed by atoms with Crippen molar-refractivity contribution < 1.29 is 9.53 Å². The van der Waals surface area contributed by atoms with Crippen LogP contribution in [-0.4, -0.2) is 21.9 Å². The normalized spacial score (nSPS) is 11.9. The molecule has 1 aromatic heterocycles. The van der Waals surface area contributed by atoms with Gasteiger partial charge in [-0.25, -0.2) is 9.97 Å². The zero-order valence-corrected chi connectivity index (χ0v) is 11.5. The predicted molar refractivity (Wildman–Crippen MR) is 75.1 cm³/mol. The van der Waals surface area contributed by atoms with Gasteiger partial charge in [-0.2, -0.15) is 0 Å². The SMILES string of the molecule is CC(C)NC(=O)C(Oc1ccccc1)c1ncccn1. The molecule has 0 fully saturated rings. The summed E-state index contributed by atoms with van der Waals surface area (Å²) in [6.45, 7) is 3.78. The second-order valence-electron chi connectivity index (χ2n) is 4.58. The maximum Gasteiger partial charge on any atom is 0.269 e. The third-order valence-electron chi connectivity index (χ3n) is 2.49. The number of nitrogens with one attached hydrogen (secondary N) is 1. The van der Waals surface area contributed by atoms with Crippen molar-refractivity contribution in [1.82, 2.24) is 15.3 Å². The van der Waals surface area contributed by atoms with Gasteiger partial charge >= 0.3 is 0 Å². The van der Waals surface area contributed by atoms with Crippen molar-refractivity contribution in [3.05, 3.63) is 54.6 Å². The number of para-hydroxylation sites is 1. The molecule has 0 saturated heterocycles. The van der Waals surface area contributed by atoms with Gasteiger partial charge < -0.3 is 10.1 Å². The molecule has 0 radical (unpaired) electrons. The Hall–Kier alpha value is -2.43. The summed E-state index contributed by atoms with van der Waals surface area (Å²) < 4.78 is 5.73. The van der Waals surface area contributed by atoms with Crippen molar-refractivity contribution in [1.29, 1.82) is 0 Å². The predicted octanol–water partition coefficient (Wildman–Crippen LogP) is 2.12. The molecule has 0 aliphatic rings. The molecule has 2 rings (SSSR count). The molecule has 0 bridgehead atoms. The third-order valence-corrected chi connectivity index (χ3v) is 2.49. The second-order valence-corrected chi connectivity index (χ2v) is 4.58. The van der Waals surface area contributed by atoms with E-state index in [9.17, 15) is 4.79 Å². The molecule has 1 N–H and O–H groups in total. The van der Waals surface area contributed by atoms with Crippen LogP contribution < -0.4 is 10.1 Å². The van der Waals surface area contributed by atoms with Crippen molar-refractivity contribution in [2.24, 2.45) is 0 Å². The van der Waals surface area contributed by atoms with Gasteiger partial charge in [-0.05, 0) is 32.0 Å². The molecule has 20 heavy (non-hydrogen) atoms. The van der Waals surface area contributed by atoms with Crippen LogP contribution in [0.3, 0.4) is 0 Å². The van der Waals surface area contributed by atoms with E-state index in [1.807, 2.05) is 32.0 Å². The van der Waals surface area contributed by atoms with Gasteiger partial charge in [0, 0.05) is 18.4 Å². The Morgan fingerprint density at radius 3 is 2.35 bits per heavy atom. The van der Waals surface area contributed by atoms with Crippen molar-refractivity contribution >= 4 is 5.91 Å². The zero-order valence-electron chi connectivity index (χ0n) is 11.5. The third kappa shape index (κ3) is 3.78. The molecule has 0 spiro atoms. The highest BCUT2D eigenvalue weighted by atomic mass is 16.5. The highest BCUT2D eigenvalue weighted by Gasteiger charge is 2.25. The van der Waals surface area contributed by atoms with Crippen molar-refractivity contribution in [3.8, 4) is 5.75 Å². The molecule has 5 heteroatoms.